The summed E-state index contributed by atoms with van der Waals surface area (Å²) in [4.78, 5) is 22.6. The molecule has 110 valence electrons. The van der Waals surface area contributed by atoms with Crippen LogP contribution in [0, 0.1) is 5.41 Å². The van der Waals surface area contributed by atoms with E-state index in [0.717, 1.165) is 10.0 Å². The summed E-state index contributed by atoms with van der Waals surface area (Å²) in [5.74, 6) is -0.901. The number of carboxylic acids is 1. The lowest BCUT2D eigenvalue weighted by Crippen LogP contribution is -2.32. The Hall–Kier alpha value is -1.36. The molecule has 0 radical (unpaired) electrons. The van der Waals surface area contributed by atoms with Gasteiger partial charge in [0.25, 0.3) is 0 Å². The minimum absolute atomic E-state index is 0.0538. The van der Waals surface area contributed by atoms with Crippen LogP contribution < -0.4 is 5.32 Å². The maximum absolute atomic E-state index is 11.7. The van der Waals surface area contributed by atoms with Gasteiger partial charge in [0.1, 0.15) is 0 Å². The van der Waals surface area contributed by atoms with Crippen molar-refractivity contribution in [2.75, 3.05) is 6.54 Å². The summed E-state index contributed by atoms with van der Waals surface area (Å²) in [6.45, 7) is 3.69. The van der Waals surface area contributed by atoms with E-state index in [2.05, 4.69) is 21.2 Å². The van der Waals surface area contributed by atoms with Crippen molar-refractivity contribution in [1.82, 2.24) is 5.32 Å². The molecule has 4 nitrogen and oxygen atoms in total. The zero-order chi connectivity index (χ0) is 15.2. The van der Waals surface area contributed by atoms with Gasteiger partial charge in [0.05, 0.1) is 5.41 Å². The minimum Gasteiger partial charge on any atom is -0.481 e. The average Bonchev–Trinajstić information content (AvgIpc) is 2.37. The van der Waals surface area contributed by atoms with Gasteiger partial charge in [0, 0.05) is 17.4 Å². The number of hydrogen-bond donors (Lipinski definition) is 2. The molecule has 1 aromatic rings. The summed E-state index contributed by atoms with van der Waals surface area (Å²) >= 11 is 3.44. The number of carboxylic acid groups (broad SMARTS) is 1. The van der Waals surface area contributed by atoms with Crippen LogP contribution in [0.2, 0.25) is 0 Å². The molecule has 0 saturated heterocycles. The lowest BCUT2D eigenvalue weighted by Gasteiger charge is -2.18. The standard InChI is InChI=1S/C15H20BrNO3/c1-15(2,14(19)20)9-10-17-13(18)8-7-11-5-3-4-6-12(11)16/h3-6H,7-10H2,1-2H3,(H,17,18)(H,19,20). The van der Waals surface area contributed by atoms with Gasteiger partial charge in [-0.15, -0.1) is 0 Å². The van der Waals surface area contributed by atoms with Crippen molar-refractivity contribution in [3.8, 4) is 0 Å². The summed E-state index contributed by atoms with van der Waals surface area (Å²) < 4.78 is 1.000. The lowest BCUT2D eigenvalue weighted by atomic mass is 9.90. The highest BCUT2D eigenvalue weighted by Gasteiger charge is 2.26. The van der Waals surface area contributed by atoms with Crippen LogP contribution in [-0.4, -0.2) is 23.5 Å². The first kappa shape index (κ1) is 16.7. The zero-order valence-corrected chi connectivity index (χ0v) is 13.4. The first-order valence-electron chi connectivity index (χ1n) is 6.56. The molecule has 1 aromatic carbocycles. The third kappa shape index (κ3) is 5.33. The molecule has 0 aliphatic heterocycles. The van der Waals surface area contributed by atoms with E-state index < -0.39 is 11.4 Å². The van der Waals surface area contributed by atoms with E-state index in [1.165, 1.54) is 0 Å². The van der Waals surface area contributed by atoms with E-state index >= 15 is 0 Å². The van der Waals surface area contributed by atoms with Crippen molar-refractivity contribution in [3.05, 3.63) is 34.3 Å². The fourth-order valence-electron chi connectivity index (χ4n) is 1.66. The van der Waals surface area contributed by atoms with E-state index in [-0.39, 0.29) is 5.91 Å². The summed E-state index contributed by atoms with van der Waals surface area (Å²) in [5, 5.41) is 11.7. The van der Waals surface area contributed by atoms with E-state index in [9.17, 15) is 9.59 Å². The molecule has 1 rings (SSSR count). The molecule has 0 saturated carbocycles. The number of rotatable bonds is 7. The zero-order valence-electron chi connectivity index (χ0n) is 11.8. The van der Waals surface area contributed by atoms with Crippen LogP contribution >= 0.6 is 15.9 Å². The van der Waals surface area contributed by atoms with E-state index in [1.807, 2.05) is 24.3 Å². The van der Waals surface area contributed by atoms with Crippen molar-refractivity contribution in [2.24, 2.45) is 5.41 Å². The van der Waals surface area contributed by atoms with Gasteiger partial charge >= 0.3 is 5.97 Å². The molecule has 2 N–H and O–H groups in total. The van der Waals surface area contributed by atoms with Gasteiger partial charge in [-0.3, -0.25) is 9.59 Å². The summed E-state index contributed by atoms with van der Waals surface area (Å²) in [7, 11) is 0. The maximum Gasteiger partial charge on any atom is 0.309 e. The van der Waals surface area contributed by atoms with Gasteiger partial charge in [-0.2, -0.15) is 0 Å². The van der Waals surface area contributed by atoms with Gasteiger partial charge in [-0.25, -0.2) is 0 Å². The quantitative estimate of drug-likeness (QED) is 0.801. The molecule has 0 aliphatic rings. The van der Waals surface area contributed by atoms with Crippen LogP contribution in [0.3, 0.4) is 0 Å². The van der Waals surface area contributed by atoms with Crippen molar-refractivity contribution in [3.63, 3.8) is 0 Å². The Balaban J connectivity index is 2.31. The first-order chi connectivity index (χ1) is 9.33. The van der Waals surface area contributed by atoms with E-state index in [0.29, 0.717) is 25.8 Å². The van der Waals surface area contributed by atoms with Crippen LogP contribution in [-0.2, 0) is 16.0 Å². The largest absolute Gasteiger partial charge is 0.481 e. The SMILES string of the molecule is CC(C)(CCNC(=O)CCc1ccccc1Br)C(=O)O. The number of hydrogen-bond acceptors (Lipinski definition) is 2. The number of carbonyl (C=O) groups is 2. The molecule has 0 heterocycles. The Kier molecular flexibility index (Phi) is 6.20. The normalized spacial score (nSPS) is 11.2. The van der Waals surface area contributed by atoms with Gasteiger partial charge in [0.2, 0.25) is 5.91 Å². The third-order valence-corrected chi connectivity index (χ3v) is 4.00. The topological polar surface area (TPSA) is 66.4 Å². The molecule has 20 heavy (non-hydrogen) atoms. The fraction of sp³-hybridized carbons (Fsp3) is 0.467. The Morgan fingerprint density at radius 3 is 2.55 bits per heavy atom. The number of aliphatic carboxylic acids is 1. The van der Waals surface area contributed by atoms with E-state index in [1.54, 1.807) is 13.8 Å². The Labute approximate surface area is 127 Å². The van der Waals surface area contributed by atoms with Crippen LogP contribution in [0.4, 0.5) is 0 Å². The number of amides is 1. The monoisotopic (exact) mass is 341 g/mol. The van der Waals surface area contributed by atoms with Gasteiger partial charge in [-0.1, -0.05) is 34.1 Å². The third-order valence-electron chi connectivity index (χ3n) is 3.23. The van der Waals surface area contributed by atoms with Crippen LogP contribution in [0.1, 0.15) is 32.3 Å². The first-order valence-corrected chi connectivity index (χ1v) is 7.36. The summed E-state index contributed by atoms with van der Waals surface area (Å²) in [6, 6.07) is 7.79. The van der Waals surface area contributed by atoms with Crippen LogP contribution in [0.25, 0.3) is 0 Å². The number of aryl methyl sites for hydroxylation is 1. The maximum atomic E-state index is 11.7. The Morgan fingerprint density at radius 1 is 1.30 bits per heavy atom. The lowest BCUT2D eigenvalue weighted by molar-refractivity contribution is -0.147. The predicted molar refractivity (Wildman–Crippen MR) is 81.5 cm³/mol. The highest BCUT2D eigenvalue weighted by atomic mass is 79.9. The molecular formula is C15H20BrNO3. The Morgan fingerprint density at radius 2 is 1.95 bits per heavy atom. The molecule has 1 amide bonds. The molecule has 0 fully saturated rings. The molecule has 0 unspecified atom stereocenters. The molecule has 0 atom stereocenters. The van der Waals surface area contributed by atoms with Gasteiger partial charge in [0.15, 0.2) is 0 Å². The van der Waals surface area contributed by atoms with E-state index in [4.69, 9.17) is 5.11 Å². The van der Waals surface area contributed by atoms with Crippen LogP contribution in [0.5, 0.6) is 0 Å². The highest BCUT2D eigenvalue weighted by molar-refractivity contribution is 9.10. The van der Waals surface area contributed by atoms with Crippen molar-refractivity contribution >= 4 is 27.8 Å². The average molecular weight is 342 g/mol. The second-order valence-corrected chi connectivity index (χ2v) is 6.23. The molecule has 0 spiro atoms. The predicted octanol–water partition coefficient (Wildman–Crippen LogP) is 3.00. The number of nitrogens with one attached hydrogen (secondary N) is 1. The van der Waals surface area contributed by atoms with Crippen molar-refractivity contribution in [1.29, 1.82) is 0 Å². The fourth-order valence-corrected chi connectivity index (χ4v) is 2.14. The highest BCUT2D eigenvalue weighted by Crippen LogP contribution is 2.19. The smallest absolute Gasteiger partial charge is 0.309 e. The Bertz CT molecular complexity index is 486. The summed E-state index contributed by atoms with van der Waals surface area (Å²) in [5.41, 5.74) is 0.281. The number of carbonyl (C=O) groups excluding carboxylic acids is 1. The molecular weight excluding hydrogens is 322 g/mol. The molecule has 0 bridgehead atoms. The second-order valence-electron chi connectivity index (χ2n) is 5.38. The second kappa shape index (κ2) is 7.43. The van der Waals surface area contributed by atoms with Crippen LogP contribution in [0.15, 0.2) is 28.7 Å². The van der Waals surface area contributed by atoms with Crippen molar-refractivity contribution < 1.29 is 14.7 Å². The minimum atomic E-state index is -0.847. The van der Waals surface area contributed by atoms with Gasteiger partial charge in [-0.05, 0) is 38.3 Å². The van der Waals surface area contributed by atoms with Gasteiger partial charge < -0.3 is 10.4 Å². The molecule has 0 aromatic heterocycles. The summed E-state index contributed by atoms with van der Waals surface area (Å²) in [6.07, 6.45) is 1.48. The number of halogens is 1. The molecule has 5 heteroatoms. The number of benzene rings is 1. The van der Waals surface area contributed by atoms with Crippen molar-refractivity contribution in [2.45, 2.75) is 33.1 Å². The molecule has 0 aliphatic carbocycles.